The van der Waals surface area contributed by atoms with E-state index in [0.717, 1.165) is 0 Å². The third kappa shape index (κ3) is 6.69. The number of hydrogen-bond acceptors (Lipinski definition) is 8. The fourth-order valence-corrected chi connectivity index (χ4v) is 3.08. The first-order valence-electron chi connectivity index (χ1n) is 9.53. The molecule has 1 saturated heterocycles. The summed E-state index contributed by atoms with van der Waals surface area (Å²) in [6, 6.07) is -3.13. The Labute approximate surface area is 175 Å². The number of aliphatic hydroxyl groups excluding tert-OH is 1. The second kappa shape index (κ2) is 10.4. The standard InChI is InChI=1S/C19H31N5O6/c1-5-6-7-11(13(25)15(21)26)23-16(27)12-8-10(30-18(22)29)9-24(12)17(28)14(20)19(2,3)4/h1,10-12,14-15,26H,6-9,20-21H2,2-4H3,(H2,22,29)(H,23,27)/t10-,11?,12+,14-,15?/m1/s1. The zero-order chi connectivity index (χ0) is 23.2. The van der Waals surface area contributed by atoms with Crippen molar-refractivity contribution < 1.29 is 29.0 Å². The summed E-state index contributed by atoms with van der Waals surface area (Å²) in [6.45, 7) is 5.24. The van der Waals surface area contributed by atoms with E-state index < -0.39 is 59.6 Å². The SMILES string of the molecule is C#CCCC(NC(=O)[C@@H]1C[C@@H](OC(N)=O)CN1C(=O)[C@@H](N)C(C)(C)C)C(=O)C(N)O. The fraction of sp³-hybridized carbons (Fsp3) is 0.684. The average molecular weight is 425 g/mol. The van der Waals surface area contributed by atoms with Crippen LogP contribution >= 0.6 is 0 Å². The fourth-order valence-electron chi connectivity index (χ4n) is 3.08. The Bertz CT molecular complexity index is 711. The minimum Gasteiger partial charge on any atom is -0.444 e. The van der Waals surface area contributed by atoms with E-state index in [1.165, 1.54) is 4.90 Å². The molecule has 11 heteroatoms. The van der Waals surface area contributed by atoms with Gasteiger partial charge in [-0.15, -0.1) is 12.3 Å². The maximum atomic E-state index is 12.9. The highest BCUT2D eigenvalue weighted by Crippen LogP contribution is 2.26. The molecule has 2 unspecified atom stereocenters. The van der Waals surface area contributed by atoms with Crippen LogP contribution in [-0.2, 0) is 19.1 Å². The molecule has 3 amide bonds. The Morgan fingerprint density at radius 2 is 1.90 bits per heavy atom. The Kier molecular flexibility index (Phi) is 8.77. The molecule has 0 aromatic heterocycles. The lowest BCUT2D eigenvalue weighted by Crippen LogP contribution is -2.57. The first kappa shape index (κ1) is 25.4. The van der Waals surface area contributed by atoms with E-state index in [1.54, 1.807) is 20.8 Å². The quantitative estimate of drug-likeness (QED) is 0.221. The van der Waals surface area contributed by atoms with Crippen LogP contribution in [0.3, 0.4) is 0 Å². The van der Waals surface area contributed by atoms with Gasteiger partial charge in [-0.2, -0.15) is 0 Å². The van der Waals surface area contributed by atoms with E-state index in [9.17, 15) is 24.3 Å². The van der Waals surface area contributed by atoms with Gasteiger partial charge < -0.3 is 31.5 Å². The average Bonchev–Trinajstić information content (AvgIpc) is 3.05. The number of likely N-dealkylation sites (tertiary alicyclic amines) is 1. The molecule has 0 aromatic rings. The molecule has 0 spiro atoms. The summed E-state index contributed by atoms with van der Waals surface area (Å²) in [5.41, 5.74) is 15.8. The van der Waals surface area contributed by atoms with Crippen LogP contribution in [0.1, 0.15) is 40.0 Å². The first-order chi connectivity index (χ1) is 13.8. The number of hydrogen-bond donors (Lipinski definition) is 5. The van der Waals surface area contributed by atoms with Crippen LogP contribution in [-0.4, -0.2) is 70.7 Å². The Morgan fingerprint density at radius 3 is 2.37 bits per heavy atom. The first-order valence-corrected chi connectivity index (χ1v) is 9.53. The minimum atomic E-state index is -1.80. The summed E-state index contributed by atoms with van der Waals surface area (Å²) in [4.78, 5) is 50.3. The molecule has 1 heterocycles. The maximum Gasteiger partial charge on any atom is 0.404 e. The number of nitrogens with two attached hydrogens (primary N) is 3. The molecule has 0 saturated carbocycles. The Balaban J connectivity index is 3.09. The highest BCUT2D eigenvalue weighted by molar-refractivity contribution is 5.95. The van der Waals surface area contributed by atoms with E-state index in [2.05, 4.69) is 11.2 Å². The highest BCUT2D eigenvalue weighted by atomic mass is 16.6. The Morgan fingerprint density at radius 1 is 1.30 bits per heavy atom. The number of ether oxygens (including phenoxy) is 1. The van der Waals surface area contributed by atoms with Crippen LogP contribution in [0.2, 0.25) is 0 Å². The van der Waals surface area contributed by atoms with Crippen molar-refractivity contribution in [2.24, 2.45) is 22.6 Å². The van der Waals surface area contributed by atoms with Crippen LogP contribution in [0.25, 0.3) is 0 Å². The summed E-state index contributed by atoms with van der Waals surface area (Å²) in [5, 5.41) is 11.9. The summed E-state index contributed by atoms with van der Waals surface area (Å²) in [5.74, 6) is 0.335. The molecule has 0 aromatic carbocycles. The zero-order valence-electron chi connectivity index (χ0n) is 17.5. The van der Waals surface area contributed by atoms with Gasteiger partial charge in [0.25, 0.3) is 0 Å². The number of Topliss-reactive ketones (excluding diaryl/α,β-unsaturated/α-hetero) is 1. The summed E-state index contributed by atoms with van der Waals surface area (Å²) < 4.78 is 4.96. The number of primary amides is 1. The van der Waals surface area contributed by atoms with E-state index in [4.69, 9.17) is 28.4 Å². The van der Waals surface area contributed by atoms with Crippen molar-refractivity contribution in [2.75, 3.05) is 6.54 Å². The van der Waals surface area contributed by atoms with E-state index in [0.29, 0.717) is 0 Å². The molecule has 168 valence electrons. The Hall–Kier alpha value is -2.68. The van der Waals surface area contributed by atoms with Crippen molar-refractivity contribution in [2.45, 2.75) is 70.5 Å². The van der Waals surface area contributed by atoms with Crippen molar-refractivity contribution in [3.8, 4) is 12.3 Å². The van der Waals surface area contributed by atoms with Crippen LogP contribution in [0.4, 0.5) is 4.79 Å². The largest absolute Gasteiger partial charge is 0.444 e. The summed E-state index contributed by atoms with van der Waals surface area (Å²) >= 11 is 0. The van der Waals surface area contributed by atoms with Crippen LogP contribution in [0.15, 0.2) is 0 Å². The van der Waals surface area contributed by atoms with E-state index in [-0.39, 0.29) is 25.8 Å². The lowest BCUT2D eigenvalue weighted by Gasteiger charge is -2.33. The maximum absolute atomic E-state index is 12.9. The third-order valence-electron chi connectivity index (χ3n) is 4.86. The molecule has 0 bridgehead atoms. The van der Waals surface area contributed by atoms with Gasteiger partial charge in [-0.3, -0.25) is 20.1 Å². The van der Waals surface area contributed by atoms with Gasteiger partial charge in [-0.05, 0) is 11.8 Å². The van der Waals surface area contributed by atoms with Crippen molar-refractivity contribution in [1.29, 1.82) is 0 Å². The van der Waals surface area contributed by atoms with E-state index >= 15 is 0 Å². The van der Waals surface area contributed by atoms with Gasteiger partial charge in [0.05, 0.1) is 18.6 Å². The molecule has 8 N–H and O–H groups in total. The van der Waals surface area contributed by atoms with Gasteiger partial charge in [-0.1, -0.05) is 20.8 Å². The van der Waals surface area contributed by atoms with Gasteiger partial charge in [0, 0.05) is 12.8 Å². The monoisotopic (exact) mass is 425 g/mol. The van der Waals surface area contributed by atoms with Crippen LogP contribution < -0.4 is 22.5 Å². The van der Waals surface area contributed by atoms with Gasteiger partial charge in [-0.25, -0.2) is 4.79 Å². The smallest absolute Gasteiger partial charge is 0.404 e. The third-order valence-corrected chi connectivity index (χ3v) is 4.86. The highest BCUT2D eigenvalue weighted by Gasteiger charge is 2.45. The van der Waals surface area contributed by atoms with Crippen molar-refractivity contribution in [3.63, 3.8) is 0 Å². The molecular formula is C19H31N5O6. The van der Waals surface area contributed by atoms with Crippen LogP contribution in [0.5, 0.6) is 0 Å². The minimum absolute atomic E-state index is 0.0292. The number of aliphatic hydroxyl groups is 1. The number of carbonyl (C=O) groups is 4. The molecule has 5 atom stereocenters. The lowest BCUT2D eigenvalue weighted by atomic mass is 9.86. The van der Waals surface area contributed by atoms with Crippen molar-refractivity contribution >= 4 is 23.7 Å². The molecule has 0 aliphatic carbocycles. The second-order valence-corrected chi connectivity index (χ2v) is 8.30. The molecule has 1 aliphatic rings. The topological polar surface area (TPSA) is 191 Å². The predicted octanol–water partition coefficient (Wildman–Crippen LogP) is -1.83. The molecule has 1 aliphatic heterocycles. The van der Waals surface area contributed by atoms with Crippen molar-refractivity contribution in [1.82, 2.24) is 10.2 Å². The molecular weight excluding hydrogens is 394 g/mol. The molecule has 0 radical (unpaired) electrons. The van der Waals surface area contributed by atoms with Crippen LogP contribution in [0, 0.1) is 17.8 Å². The summed E-state index contributed by atoms with van der Waals surface area (Å²) in [7, 11) is 0. The lowest BCUT2D eigenvalue weighted by molar-refractivity contribution is -0.142. The molecule has 1 fully saturated rings. The zero-order valence-corrected chi connectivity index (χ0v) is 17.5. The predicted molar refractivity (Wildman–Crippen MR) is 107 cm³/mol. The molecule has 1 rings (SSSR count). The van der Waals surface area contributed by atoms with E-state index in [1.807, 2.05) is 0 Å². The number of terminal acetylenes is 1. The number of nitrogens with zero attached hydrogens (tertiary/aromatic N) is 1. The molecule has 30 heavy (non-hydrogen) atoms. The number of carbonyl (C=O) groups excluding carboxylic acids is 4. The van der Waals surface area contributed by atoms with Gasteiger partial charge in [0.1, 0.15) is 12.1 Å². The number of rotatable bonds is 8. The number of amides is 3. The molecule has 11 nitrogen and oxygen atoms in total. The van der Waals surface area contributed by atoms with Gasteiger partial charge in [0.15, 0.2) is 12.0 Å². The number of ketones is 1. The van der Waals surface area contributed by atoms with Gasteiger partial charge >= 0.3 is 6.09 Å². The second-order valence-electron chi connectivity index (χ2n) is 8.30. The number of nitrogens with one attached hydrogen (secondary N) is 1. The summed E-state index contributed by atoms with van der Waals surface area (Å²) in [6.07, 6.45) is 1.74. The normalized spacial score (nSPS) is 21.8. The van der Waals surface area contributed by atoms with Crippen molar-refractivity contribution in [3.05, 3.63) is 0 Å². The van der Waals surface area contributed by atoms with Gasteiger partial charge in [0.2, 0.25) is 11.8 Å².